The summed E-state index contributed by atoms with van der Waals surface area (Å²) in [7, 11) is 0. The Hall–Kier alpha value is -2.53. The number of para-hydroxylation sites is 1. The molecule has 1 N–H and O–H groups in total. The molecule has 4 rings (SSSR count). The zero-order chi connectivity index (χ0) is 17.4. The molecule has 0 saturated carbocycles. The number of hydrogen-bond donors (Lipinski definition) is 1. The van der Waals surface area contributed by atoms with Crippen LogP contribution in [0.3, 0.4) is 0 Å². The van der Waals surface area contributed by atoms with Crippen molar-refractivity contribution < 1.29 is 14.3 Å². The lowest BCUT2D eigenvalue weighted by Crippen LogP contribution is -2.47. The van der Waals surface area contributed by atoms with Crippen LogP contribution in [0.2, 0.25) is 5.02 Å². The lowest BCUT2D eigenvalue weighted by Gasteiger charge is -2.32. The molecule has 128 valence electrons. The molecule has 1 unspecified atom stereocenters. The molecular weight excluding hydrogens is 340 g/mol. The Morgan fingerprint density at radius 2 is 2.00 bits per heavy atom. The zero-order valence-electron chi connectivity index (χ0n) is 13.5. The normalized spacial score (nSPS) is 19.6. The number of carbonyl (C=O) groups is 2. The number of carbonyl (C=O) groups excluding carboxylic acids is 2. The van der Waals surface area contributed by atoms with Gasteiger partial charge in [0, 0.05) is 12.2 Å². The predicted octanol–water partition coefficient (Wildman–Crippen LogP) is 3.41. The summed E-state index contributed by atoms with van der Waals surface area (Å²) in [6.07, 6.45) is 1.30. The van der Waals surface area contributed by atoms with Gasteiger partial charge in [0.05, 0.1) is 17.1 Å². The van der Waals surface area contributed by atoms with Gasteiger partial charge in [-0.15, -0.1) is 0 Å². The minimum atomic E-state index is -0.548. The van der Waals surface area contributed by atoms with Crippen molar-refractivity contribution in [2.24, 2.45) is 0 Å². The Kier molecular flexibility index (Phi) is 4.09. The highest BCUT2D eigenvalue weighted by Crippen LogP contribution is 2.31. The summed E-state index contributed by atoms with van der Waals surface area (Å²) in [5.41, 5.74) is 2.42. The van der Waals surface area contributed by atoms with E-state index in [2.05, 4.69) is 5.32 Å². The first-order valence-electron chi connectivity index (χ1n) is 8.27. The molecule has 2 aromatic rings. The summed E-state index contributed by atoms with van der Waals surface area (Å²) in [5.74, 6) is 0.495. The Balaban J connectivity index is 1.53. The second-order valence-corrected chi connectivity index (χ2v) is 6.64. The van der Waals surface area contributed by atoms with Gasteiger partial charge in [-0.2, -0.15) is 0 Å². The number of halogens is 1. The molecule has 1 saturated heterocycles. The summed E-state index contributed by atoms with van der Waals surface area (Å²) >= 11 is 6.23. The molecule has 1 atom stereocenters. The van der Waals surface area contributed by atoms with E-state index in [1.807, 2.05) is 30.3 Å². The highest BCUT2D eigenvalue weighted by Gasteiger charge is 2.32. The number of fused-ring (bicyclic) bond motifs is 1. The maximum Gasteiger partial charge on any atom is 0.268 e. The van der Waals surface area contributed by atoms with E-state index >= 15 is 0 Å². The van der Waals surface area contributed by atoms with Crippen molar-refractivity contribution in [1.82, 2.24) is 0 Å². The minimum Gasteiger partial charge on any atom is -0.481 e. The largest absolute Gasteiger partial charge is 0.481 e. The zero-order valence-corrected chi connectivity index (χ0v) is 14.3. The SMILES string of the molecule is O=C1Cc2cc(OC3CCCN(c4ccccc4Cl)C3=O)ccc2N1. The molecule has 0 spiro atoms. The van der Waals surface area contributed by atoms with Crippen LogP contribution in [-0.2, 0) is 16.0 Å². The first kappa shape index (κ1) is 16.0. The average molecular weight is 357 g/mol. The van der Waals surface area contributed by atoms with Gasteiger partial charge < -0.3 is 15.0 Å². The van der Waals surface area contributed by atoms with Crippen molar-refractivity contribution in [3.63, 3.8) is 0 Å². The van der Waals surface area contributed by atoms with Crippen molar-refractivity contribution in [3.8, 4) is 5.75 Å². The van der Waals surface area contributed by atoms with Crippen LogP contribution in [0.1, 0.15) is 18.4 Å². The lowest BCUT2D eigenvalue weighted by atomic mass is 10.1. The summed E-state index contributed by atoms with van der Waals surface area (Å²) in [5, 5.41) is 3.34. The molecule has 5 nitrogen and oxygen atoms in total. The van der Waals surface area contributed by atoms with Crippen LogP contribution in [-0.4, -0.2) is 24.5 Å². The van der Waals surface area contributed by atoms with E-state index in [4.69, 9.17) is 16.3 Å². The van der Waals surface area contributed by atoms with Gasteiger partial charge in [0.15, 0.2) is 6.10 Å². The number of benzene rings is 2. The quantitative estimate of drug-likeness (QED) is 0.916. The van der Waals surface area contributed by atoms with Crippen LogP contribution < -0.4 is 15.0 Å². The van der Waals surface area contributed by atoms with Crippen molar-refractivity contribution in [1.29, 1.82) is 0 Å². The van der Waals surface area contributed by atoms with Gasteiger partial charge in [0.1, 0.15) is 5.75 Å². The van der Waals surface area contributed by atoms with E-state index in [0.717, 1.165) is 17.7 Å². The van der Waals surface area contributed by atoms with E-state index < -0.39 is 6.10 Å². The standard InChI is InChI=1S/C19H17ClN2O3/c20-14-4-1-2-5-16(14)22-9-3-6-17(19(22)24)25-13-7-8-15-12(10-13)11-18(23)21-15/h1-2,4-5,7-8,10,17H,3,6,9,11H2,(H,21,23). The van der Waals surface area contributed by atoms with Crippen molar-refractivity contribution in [2.75, 3.05) is 16.8 Å². The Labute approximate surface area is 150 Å². The van der Waals surface area contributed by atoms with Crippen LogP contribution in [0.4, 0.5) is 11.4 Å². The van der Waals surface area contributed by atoms with E-state index in [0.29, 0.717) is 35.8 Å². The van der Waals surface area contributed by atoms with E-state index in [1.165, 1.54) is 0 Å². The maximum atomic E-state index is 12.8. The minimum absolute atomic E-state index is 0.0224. The van der Waals surface area contributed by atoms with Crippen LogP contribution in [0.5, 0.6) is 5.75 Å². The third-order valence-corrected chi connectivity index (χ3v) is 4.83. The number of amides is 2. The summed E-state index contributed by atoms with van der Waals surface area (Å²) in [6, 6.07) is 12.8. The van der Waals surface area contributed by atoms with Gasteiger partial charge in [-0.1, -0.05) is 23.7 Å². The number of nitrogens with one attached hydrogen (secondary N) is 1. The number of piperidine rings is 1. The lowest BCUT2D eigenvalue weighted by molar-refractivity contribution is -0.127. The Bertz CT molecular complexity index is 852. The predicted molar refractivity (Wildman–Crippen MR) is 96.2 cm³/mol. The molecule has 0 bridgehead atoms. The Morgan fingerprint density at radius 3 is 2.84 bits per heavy atom. The van der Waals surface area contributed by atoms with Crippen LogP contribution in [0.25, 0.3) is 0 Å². The molecule has 0 radical (unpaired) electrons. The summed E-state index contributed by atoms with van der Waals surface area (Å²) in [6.45, 7) is 0.630. The molecule has 2 aromatic carbocycles. The molecule has 6 heteroatoms. The van der Waals surface area contributed by atoms with Gasteiger partial charge in [-0.3, -0.25) is 9.59 Å². The molecule has 2 amide bonds. The van der Waals surface area contributed by atoms with Gasteiger partial charge >= 0.3 is 0 Å². The van der Waals surface area contributed by atoms with Gasteiger partial charge in [0.2, 0.25) is 5.91 Å². The molecule has 2 aliphatic heterocycles. The first-order valence-corrected chi connectivity index (χ1v) is 8.65. The highest BCUT2D eigenvalue weighted by atomic mass is 35.5. The highest BCUT2D eigenvalue weighted by molar-refractivity contribution is 6.33. The van der Waals surface area contributed by atoms with Crippen LogP contribution in [0.15, 0.2) is 42.5 Å². The number of nitrogens with zero attached hydrogens (tertiary/aromatic N) is 1. The second-order valence-electron chi connectivity index (χ2n) is 6.23. The van der Waals surface area contributed by atoms with Gasteiger partial charge in [-0.05, 0) is 48.7 Å². The van der Waals surface area contributed by atoms with Gasteiger partial charge in [0.25, 0.3) is 5.91 Å². The number of rotatable bonds is 3. The summed E-state index contributed by atoms with van der Waals surface area (Å²) in [4.78, 5) is 26.0. The number of ether oxygens (including phenoxy) is 1. The van der Waals surface area contributed by atoms with Crippen molar-refractivity contribution >= 4 is 34.8 Å². The van der Waals surface area contributed by atoms with Crippen molar-refractivity contribution in [3.05, 3.63) is 53.1 Å². The topological polar surface area (TPSA) is 58.6 Å². The van der Waals surface area contributed by atoms with E-state index in [-0.39, 0.29) is 11.8 Å². The van der Waals surface area contributed by atoms with E-state index in [9.17, 15) is 9.59 Å². The fourth-order valence-electron chi connectivity index (χ4n) is 3.30. The fourth-order valence-corrected chi connectivity index (χ4v) is 3.54. The smallest absolute Gasteiger partial charge is 0.268 e. The molecule has 1 fully saturated rings. The molecule has 0 aromatic heterocycles. The fraction of sp³-hybridized carbons (Fsp3) is 0.263. The van der Waals surface area contributed by atoms with Crippen LogP contribution >= 0.6 is 11.6 Å². The first-order chi connectivity index (χ1) is 12.1. The van der Waals surface area contributed by atoms with Crippen molar-refractivity contribution in [2.45, 2.75) is 25.4 Å². The van der Waals surface area contributed by atoms with E-state index in [1.54, 1.807) is 17.0 Å². The number of anilines is 2. The summed E-state index contributed by atoms with van der Waals surface area (Å²) < 4.78 is 5.95. The molecule has 25 heavy (non-hydrogen) atoms. The average Bonchev–Trinajstić information content (AvgIpc) is 2.97. The molecule has 2 aliphatic rings. The Morgan fingerprint density at radius 1 is 1.16 bits per heavy atom. The van der Waals surface area contributed by atoms with Gasteiger partial charge in [-0.25, -0.2) is 0 Å². The molecule has 2 heterocycles. The van der Waals surface area contributed by atoms with Crippen LogP contribution in [0, 0.1) is 0 Å². The maximum absolute atomic E-state index is 12.8. The second kappa shape index (κ2) is 6.41. The third-order valence-electron chi connectivity index (χ3n) is 4.51. The third kappa shape index (κ3) is 3.07. The monoisotopic (exact) mass is 356 g/mol. The number of hydrogen-bond acceptors (Lipinski definition) is 3. The molecular formula is C19H17ClN2O3. The molecule has 0 aliphatic carbocycles.